The molecule has 33 heavy (non-hydrogen) atoms. The minimum atomic E-state index is -0.642. The van der Waals surface area contributed by atoms with Gasteiger partial charge in [0.05, 0.1) is 30.2 Å². The molecule has 180 valence electrons. The second-order valence-electron chi connectivity index (χ2n) is 9.37. The van der Waals surface area contributed by atoms with Crippen LogP contribution in [0.15, 0.2) is 34.4 Å². The second-order valence-corrected chi connectivity index (χ2v) is 10.2. The summed E-state index contributed by atoms with van der Waals surface area (Å²) in [5, 5.41) is 13.1. The largest absolute Gasteiger partial charge is 0.389 e. The molecule has 0 saturated carbocycles. The number of methoxy groups -OCH3 is 1. The molecule has 0 spiro atoms. The van der Waals surface area contributed by atoms with Gasteiger partial charge in [-0.25, -0.2) is 4.98 Å². The molecular weight excluding hydrogens is 438 g/mol. The quantitative estimate of drug-likeness (QED) is 0.410. The highest BCUT2D eigenvalue weighted by Crippen LogP contribution is 2.30. The van der Waals surface area contributed by atoms with Crippen LogP contribution >= 0.6 is 11.3 Å². The fourth-order valence-electron chi connectivity index (χ4n) is 3.59. The number of hydrogen-bond donors (Lipinski definition) is 2. The van der Waals surface area contributed by atoms with E-state index in [4.69, 9.17) is 14.5 Å². The normalized spacial score (nSPS) is 13.2. The number of hydrogen-bond acceptors (Lipinski definition) is 7. The van der Waals surface area contributed by atoms with E-state index in [1.165, 1.54) is 16.9 Å². The minimum absolute atomic E-state index is 0.139. The molecular formula is C25H35N3O4S. The molecule has 3 aromatic rings. The molecule has 0 aliphatic heterocycles. The van der Waals surface area contributed by atoms with Gasteiger partial charge >= 0.3 is 0 Å². The van der Waals surface area contributed by atoms with Crippen LogP contribution in [0.1, 0.15) is 38.6 Å². The molecule has 3 rings (SSSR count). The maximum Gasteiger partial charge on any atom is 0.260 e. The highest BCUT2D eigenvalue weighted by atomic mass is 32.1. The monoisotopic (exact) mass is 473 g/mol. The average molecular weight is 474 g/mol. The molecule has 0 aliphatic rings. The van der Waals surface area contributed by atoms with Crippen LogP contribution in [-0.4, -0.2) is 65.1 Å². The van der Waals surface area contributed by atoms with Crippen LogP contribution in [0.2, 0.25) is 0 Å². The Morgan fingerprint density at radius 3 is 2.64 bits per heavy atom. The third kappa shape index (κ3) is 7.45. The molecule has 0 bridgehead atoms. The maximum atomic E-state index is 13.0. The van der Waals surface area contributed by atoms with Gasteiger partial charge in [0.25, 0.3) is 5.56 Å². The number of nitrogens with zero attached hydrogens (tertiary/aromatic N) is 2. The van der Waals surface area contributed by atoms with Crippen molar-refractivity contribution in [2.45, 2.75) is 52.4 Å². The van der Waals surface area contributed by atoms with E-state index >= 15 is 0 Å². The van der Waals surface area contributed by atoms with E-state index in [0.717, 1.165) is 22.4 Å². The van der Waals surface area contributed by atoms with Crippen LogP contribution < -0.4 is 5.56 Å². The number of aryl methyl sites for hydroxylation is 1. The van der Waals surface area contributed by atoms with Crippen molar-refractivity contribution in [2.24, 2.45) is 0 Å². The number of benzene rings is 1. The molecule has 2 N–H and O–H groups in total. The van der Waals surface area contributed by atoms with Crippen molar-refractivity contribution in [3.8, 4) is 11.1 Å². The average Bonchev–Trinajstić information content (AvgIpc) is 3.17. The van der Waals surface area contributed by atoms with Gasteiger partial charge in [-0.3, -0.25) is 9.69 Å². The van der Waals surface area contributed by atoms with Crippen molar-refractivity contribution in [1.82, 2.24) is 14.9 Å². The molecule has 1 aromatic carbocycles. The van der Waals surface area contributed by atoms with E-state index in [-0.39, 0.29) is 17.8 Å². The van der Waals surface area contributed by atoms with Crippen molar-refractivity contribution in [3.05, 3.63) is 51.4 Å². The smallest absolute Gasteiger partial charge is 0.260 e. The number of H-pyrrole nitrogens is 1. The van der Waals surface area contributed by atoms with Gasteiger partial charge < -0.3 is 19.6 Å². The lowest BCUT2D eigenvalue weighted by Crippen LogP contribution is -2.38. The zero-order valence-corrected chi connectivity index (χ0v) is 21.0. The van der Waals surface area contributed by atoms with Gasteiger partial charge in [-0.1, -0.05) is 29.8 Å². The fourth-order valence-corrected chi connectivity index (χ4v) is 4.56. The van der Waals surface area contributed by atoms with Crippen LogP contribution in [0, 0.1) is 6.92 Å². The van der Waals surface area contributed by atoms with Gasteiger partial charge in [-0.15, -0.1) is 11.3 Å². The zero-order valence-electron chi connectivity index (χ0n) is 20.2. The summed E-state index contributed by atoms with van der Waals surface area (Å²) in [6, 6.07) is 8.15. The van der Waals surface area contributed by atoms with Crippen molar-refractivity contribution >= 4 is 21.6 Å². The summed E-state index contributed by atoms with van der Waals surface area (Å²) in [5.74, 6) is 0.589. The molecule has 7 nitrogen and oxygen atoms in total. The van der Waals surface area contributed by atoms with E-state index < -0.39 is 6.10 Å². The number of aromatic nitrogens is 2. The molecule has 2 heterocycles. The topological polar surface area (TPSA) is 87.7 Å². The minimum Gasteiger partial charge on any atom is -0.389 e. The highest BCUT2D eigenvalue weighted by Gasteiger charge is 2.19. The number of aromatic amines is 1. The van der Waals surface area contributed by atoms with Gasteiger partial charge in [0.1, 0.15) is 10.7 Å². The highest BCUT2D eigenvalue weighted by molar-refractivity contribution is 7.17. The van der Waals surface area contributed by atoms with E-state index in [0.29, 0.717) is 37.5 Å². The Balaban J connectivity index is 1.78. The number of nitrogens with one attached hydrogen (secondary N) is 1. The molecule has 8 heteroatoms. The third-order valence-electron chi connectivity index (χ3n) is 5.23. The number of ether oxygens (including phenoxy) is 2. The molecule has 0 saturated heterocycles. The summed E-state index contributed by atoms with van der Waals surface area (Å²) in [5.41, 5.74) is 2.64. The van der Waals surface area contributed by atoms with Crippen molar-refractivity contribution in [3.63, 3.8) is 0 Å². The van der Waals surface area contributed by atoms with Crippen LogP contribution in [0.4, 0.5) is 0 Å². The SMILES string of the molecule is COCCCN(Cc1nc2scc(-c3ccc(C)cc3)c2c(=O)[nH]1)CC(O)COC(C)(C)C. The first kappa shape index (κ1) is 25.5. The Hall–Kier alpha value is -2.10. The van der Waals surface area contributed by atoms with Crippen molar-refractivity contribution in [1.29, 1.82) is 0 Å². The van der Waals surface area contributed by atoms with E-state index in [1.807, 2.05) is 57.3 Å². The number of thiophene rings is 1. The molecule has 0 radical (unpaired) electrons. The van der Waals surface area contributed by atoms with E-state index in [1.54, 1.807) is 7.11 Å². The van der Waals surface area contributed by atoms with Gasteiger partial charge in [0.15, 0.2) is 0 Å². The summed E-state index contributed by atoms with van der Waals surface area (Å²) in [7, 11) is 1.67. The lowest BCUT2D eigenvalue weighted by Gasteiger charge is -2.27. The fraction of sp³-hybridized carbons (Fsp3) is 0.520. The number of aliphatic hydroxyl groups excluding tert-OH is 1. The molecule has 1 atom stereocenters. The first-order valence-electron chi connectivity index (χ1n) is 11.3. The predicted octanol–water partition coefficient (Wildman–Crippen LogP) is 3.97. The van der Waals surface area contributed by atoms with Crippen LogP contribution in [0.25, 0.3) is 21.3 Å². The summed E-state index contributed by atoms with van der Waals surface area (Å²) < 4.78 is 10.9. The second kappa shape index (κ2) is 11.4. The van der Waals surface area contributed by atoms with Crippen LogP contribution in [-0.2, 0) is 16.0 Å². The summed E-state index contributed by atoms with van der Waals surface area (Å²) in [6.07, 6.45) is 0.170. The Kier molecular flexibility index (Phi) is 8.78. The predicted molar refractivity (Wildman–Crippen MR) is 134 cm³/mol. The summed E-state index contributed by atoms with van der Waals surface area (Å²) >= 11 is 1.48. The van der Waals surface area contributed by atoms with Gasteiger partial charge in [-0.05, 0) is 39.7 Å². The van der Waals surface area contributed by atoms with E-state index in [9.17, 15) is 9.90 Å². The Morgan fingerprint density at radius 1 is 1.24 bits per heavy atom. The molecule has 0 amide bonds. The number of aliphatic hydroxyl groups is 1. The zero-order chi connectivity index (χ0) is 24.0. The standard InChI is InChI=1S/C25H35N3O4S/c1-17-7-9-18(10-8-17)20-16-33-24-22(20)23(30)26-21(27-24)14-28(11-6-12-31-5)13-19(29)15-32-25(2,3)4/h7-10,16,19,29H,6,11-15H2,1-5H3,(H,26,27,30). The van der Waals surface area contributed by atoms with Gasteiger partial charge in [-0.2, -0.15) is 0 Å². The molecule has 1 unspecified atom stereocenters. The number of fused-ring (bicyclic) bond motifs is 1. The molecule has 0 fully saturated rings. The van der Waals surface area contributed by atoms with Crippen molar-refractivity contribution < 1.29 is 14.6 Å². The Labute approximate surface area is 199 Å². The summed E-state index contributed by atoms with van der Waals surface area (Å²) in [4.78, 5) is 23.5. The third-order valence-corrected chi connectivity index (χ3v) is 6.10. The molecule has 2 aromatic heterocycles. The van der Waals surface area contributed by atoms with Crippen molar-refractivity contribution in [2.75, 3.05) is 33.4 Å². The lowest BCUT2D eigenvalue weighted by molar-refractivity contribution is -0.0571. The van der Waals surface area contributed by atoms with Crippen LogP contribution in [0.3, 0.4) is 0 Å². The number of rotatable bonds is 11. The van der Waals surface area contributed by atoms with Gasteiger partial charge in [0.2, 0.25) is 0 Å². The molecule has 0 aliphatic carbocycles. The Morgan fingerprint density at radius 2 is 1.97 bits per heavy atom. The summed E-state index contributed by atoms with van der Waals surface area (Å²) in [6.45, 7) is 10.4. The lowest BCUT2D eigenvalue weighted by atomic mass is 10.1. The maximum absolute atomic E-state index is 13.0. The van der Waals surface area contributed by atoms with E-state index in [2.05, 4.69) is 9.88 Å². The Bertz CT molecular complexity index is 1090. The van der Waals surface area contributed by atoms with Gasteiger partial charge in [0, 0.05) is 37.7 Å². The first-order chi connectivity index (χ1) is 15.7. The van der Waals surface area contributed by atoms with Crippen LogP contribution in [0.5, 0.6) is 0 Å². The first-order valence-corrected chi connectivity index (χ1v) is 12.1.